The van der Waals surface area contributed by atoms with Gasteiger partial charge in [0.25, 0.3) is 5.56 Å². The van der Waals surface area contributed by atoms with E-state index in [1.165, 1.54) is 23.7 Å². The molecule has 0 spiro atoms. The number of halogens is 2. The number of H-pyrrole nitrogens is 1. The molecular formula is C32H30ClFN4O4. The van der Waals surface area contributed by atoms with Crippen molar-refractivity contribution in [2.45, 2.75) is 50.0 Å². The van der Waals surface area contributed by atoms with Crippen LogP contribution in [0, 0.1) is 12.7 Å². The van der Waals surface area contributed by atoms with Gasteiger partial charge in [0.05, 0.1) is 28.1 Å². The van der Waals surface area contributed by atoms with Crippen LogP contribution in [0.3, 0.4) is 0 Å². The lowest BCUT2D eigenvalue weighted by molar-refractivity contribution is -0.119. The number of aromatic nitrogens is 3. The number of fused-ring (bicyclic) bond motifs is 4. The molecule has 10 heteroatoms. The van der Waals surface area contributed by atoms with E-state index in [4.69, 9.17) is 17.3 Å². The monoisotopic (exact) mass is 588 g/mol. The highest BCUT2D eigenvalue weighted by atomic mass is 35.5. The Morgan fingerprint density at radius 1 is 1.12 bits per heavy atom. The number of amides is 1. The molecule has 3 atom stereocenters. The number of hydrogen-bond acceptors (Lipinski definition) is 4. The van der Waals surface area contributed by atoms with E-state index in [9.17, 15) is 23.9 Å². The highest BCUT2D eigenvalue weighted by Gasteiger charge is 2.41. The van der Waals surface area contributed by atoms with Crippen LogP contribution in [-0.2, 0) is 17.4 Å². The topological polar surface area (TPSA) is 123 Å². The normalized spacial score (nSPS) is 18.9. The van der Waals surface area contributed by atoms with Gasteiger partial charge in [0.15, 0.2) is 0 Å². The Morgan fingerprint density at radius 2 is 1.86 bits per heavy atom. The number of nitrogens with one attached hydrogen (secondary N) is 1. The molecule has 216 valence electrons. The molecule has 4 N–H and O–H groups in total. The largest absolute Gasteiger partial charge is 0.386 e. The van der Waals surface area contributed by atoms with Gasteiger partial charge in [0.2, 0.25) is 5.91 Å². The third-order valence-corrected chi connectivity index (χ3v) is 8.99. The zero-order valence-electron chi connectivity index (χ0n) is 23.5. The fraction of sp³-hybridized carbons (Fsp3) is 0.281. The molecule has 0 radical (unpaired) electrons. The lowest BCUT2D eigenvalue weighted by Gasteiger charge is -2.33. The van der Waals surface area contributed by atoms with Crippen LogP contribution in [0.15, 0.2) is 64.2 Å². The van der Waals surface area contributed by atoms with Gasteiger partial charge in [-0.05, 0) is 79.8 Å². The first-order valence-electron chi connectivity index (χ1n) is 13.6. The van der Waals surface area contributed by atoms with Crippen molar-refractivity contribution in [2.75, 3.05) is 0 Å². The molecule has 42 heavy (non-hydrogen) atoms. The molecule has 3 aromatic carbocycles. The Morgan fingerprint density at radius 3 is 2.55 bits per heavy atom. The number of hydrogen-bond donors (Lipinski definition) is 3. The van der Waals surface area contributed by atoms with E-state index in [1.54, 1.807) is 26.0 Å². The van der Waals surface area contributed by atoms with Crippen molar-refractivity contribution in [3.05, 3.63) is 109 Å². The molecule has 6 rings (SSSR count). The number of aliphatic hydroxyl groups is 1. The third kappa shape index (κ3) is 4.18. The van der Waals surface area contributed by atoms with Gasteiger partial charge in [-0.3, -0.25) is 14.2 Å². The molecule has 0 aliphatic heterocycles. The van der Waals surface area contributed by atoms with Crippen molar-refractivity contribution in [3.63, 3.8) is 0 Å². The summed E-state index contributed by atoms with van der Waals surface area (Å²) in [6.07, 6.45) is 0.278. The van der Waals surface area contributed by atoms with E-state index < -0.39 is 45.8 Å². The molecule has 8 nitrogen and oxygen atoms in total. The van der Waals surface area contributed by atoms with Gasteiger partial charge in [0.1, 0.15) is 5.82 Å². The fourth-order valence-corrected chi connectivity index (χ4v) is 6.80. The van der Waals surface area contributed by atoms with Crippen LogP contribution in [0.1, 0.15) is 60.1 Å². The Kier molecular flexibility index (Phi) is 6.44. The zero-order chi connectivity index (χ0) is 30.2. The maximum Gasteiger partial charge on any atom is 0.335 e. The van der Waals surface area contributed by atoms with Crippen molar-refractivity contribution >= 4 is 39.3 Å². The Labute approximate surface area is 245 Å². The second kappa shape index (κ2) is 9.68. The summed E-state index contributed by atoms with van der Waals surface area (Å²) in [6, 6.07) is 14.7. The molecule has 0 bridgehead atoms. The summed E-state index contributed by atoms with van der Waals surface area (Å²) in [6.45, 7) is 5.21. The number of alkyl halides is 1. The number of benzene rings is 3. The summed E-state index contributed by atoms with van der Waals surface area (Å²) >= 11 is 7.06. The van der Waals surface area contributed by atoms with Crippen molar-refractivity contribution in [2.24, 2.45) is 12.8 Å². The van der Waals surface area contributed by atoms with Gasteiger partial charge >= 0.3 is 5.69 Å². The highest BCUT2D eigenvalue weighted by molar-refractivity contribution is 6.22. The van der Waals surface area contributed by atoms with Crippen LogP contribution in [0.2, 0.25) is 0 Å². The van der Waals surface area contributed by atoms with Crippen molar-refractivity contribution < 1.29 is 14.3 Å². The lowest BCUT2D eigenvalue weighted by Crippen LogP contribution is -2.38. The Balaban J connectivity index is 1.61. The van der Waals surface area contributed by atoms with Gasteiger partial charge in [-0.15, -0.1) is 11.6 Å². The lowest BCUT2D eigenvalue weighted by atomic mass is 9.74. The minimum Gasteiger partial charge on any atom is -0.386 e. The van der Waals surface area contributed by atoms with Crippen LogP contribution < -0.4 is 17.0 Å². The molecule has 1 aliphatic carbocycles. The van der Waals surface area contributed by atoms with Crippen LogP contribution in [0.5, 0.6) is 0 Å². The van der Waals surface area contributed by atoms with Gasteiger partial charge in [-0.25, -0.2) is 13.8 Å². The molecular weight excluding hydrogens is 559 g/mol. The highest BCUT2D eigenvalue weighted by Crippen LogP contribution is 2.49. The molecule has 1 aliphatic rings. The molecule has 2 aromatic heterocycles. The second-order valence-corrected chi connectivity index (χ2v) is 12.2. The summed E-state index contributed by atoms with van der Waals surface area (Å²) in [5.74, 6) is -2.15. The van der Waals surface area contributed by atoms with Crippen LogP contribution >= 0.6 is 11.6 Å². The molecule has 0 unspecified atom stereocenters. The number of carbonyl (C=O) groups is 1. The van der Waals surface area contributed by atoms with Crippen molar-refractivity contribution in [1.29, 1.82) is 0 Å². The molecule has 0 saturated carbocycles. The minimum atomic E-state index is -1.08. The fourth-order valence-electron chi connectivity index (χ4n) is 6.36. The predicted molar refractivity (Wildman–Crippen MR) is 161 cm³/mol. The standard InChI is InChI=1S/C32H30ClFN4O4/c1-15-18(6-5-7-24(15)38-30(40)20-13-17(34)9-11-25(20)37(4)31(38)41)26-22(33)14-21(29(35)39)28-27(26)19-10-8-16(32(2,3)42)12-23(19)36-28/h5-13,21-22,26,36,42H,14H2,1-4H3,(H2,35,39)/t21-,22+,26+/m0/s1. The number of nitrogens with zero attached hydrogens (tertiary/aromatic N) is 2. The minimum absolute atomic E-state index is 0.0839. The first-order valence-corrected chi connectivity index (χ1v) is 14.1. The number of aryl methyl sites for hydroxylation is 1. The summed E-state index contributed by atoms with van der Waals surface area (Å²) in [4.78, 5) is 43.0. The quantitative estimate of drug-likeness (QED) is 0.266. The average Bonchev–Trinajstić information content (AvgIpc) is 3.31. The Bertz CT molecular complexity index is 2050. The van der Waals surface area contributed by atoms with Gasteiger partial charge in [-0.1, -0.05) is 24.3 Å². The third-order valence-electron chi connectivity index (χ3n) is 8.56. The van der Waals surface area contributed by atoms with Crippen molar-refractivity contribution in [1.82, 2.24) is 14.1 Å². The summed E-state index contributed by atoms with van der Waals surface area (Å²) < 4.78 is 16.5. The maximum absolute atomic E-state index is 14.1. The van der Waals surface area contributed by atoms with E-state index in [0.717, 1.165) is 32.7 Å². The SMILES string of the molecule is Cc1c([C@H]2c3c([nH]c4cc(C(C)(C)O)ccc34)[C@@H](C(N)=O)C[C@H]2Cl)cccc1-n1c(=O)c2cc(F)ccc2n(C)c1=O. The molecule has 5 aromatic rings. The number of rotatable bonds is 4. The number of nitrogens with two attached hydrogens (primary N) is 1. The molecule has 2 heterocycles. The average molecular weight is 589 g/mol. The first-order chi connectivity index (χ1) is 19.8. The van der Waals surface area contributed by atoms with E-state index in [-0.39, 0.29) is 11.8 Å². The van der Waals surface area contributed by atoms with E-state index in [1.807, 2.05) is 31.2 Å². The smallest absolute Gasteiger partial charge is 0.335 e. The molecule has 0 saturated heterocycles. The van der Waals surface area contributed by atoms with E-state index >= 15 is 0 Å². The van der Waals surface area contributed by atoms with Crippen LogP contribution in [0.4, 0.5) is 4.39 Å². The second-order valence-electron chi connectivity index (χ2n) is 11.6. The van der Waals surface area contributed by atoms with Crippen LogP contribution in [-0.4, -0.2) is 30.5 Å². The summed E-state index contributed by atoms with van der Waals surface area (Å²) in [5.41, 5.74) is 8.56. The number of primary amides is 1. The number of carbonyl (C=O) groups excluding carboxylic acids is 1. The first kappa shape index (κ1) is 27.9. The van der Waals surface area contributed by atoms with E-state index in [0.29, 0.717) is 28.0 Å². The van der Waals surface area contributed by atoms with Crippen LogP contribution in [0.25, 0.3) is 27.5 Å². The Hall–Kier alpha value is -4.21. The molecule has 0 fully saturated rings. The van der Waals surface area contributed by atoms with Gasteiger partial charge in [-0.2, -0.15) is 0 Å². The zero-order valence-corrected chi connectivity index (χ0v) is 24.3. The maximum atomic E-state index is 14.1. The predicted octanol–water partition coefficient (Wildman–Crippen LogP) is 4.56. The number of aromatic amines is 1. The molecule has 1 amide bonds. The summed E-state index contributed by atoms with van der Waals surface area (Å²) in [7, 11) is 1.54. The van der Waals surface area contributed by atoms with Gasteiger partial charge < -0.3 is 15.8 Å². The van der Waals surface area contributed by atoms with Crippen molar-refractivity contribution in [3.8, 4) is 5.69 Å². The van der Waals surface area contributed by atoms with E-state index in [2.05, 4.69) is 4.98 Å². The van der Waals surface area contributed by atoms with Gasteiger partial charge in [0, 0.05) is 34.9 Å². The summed E-state index contributed by atoms with van der Waals surface area (Å²) in [5, 5.41) is 11.0.